The first-order chi connectivity index (χ1) is 14.1. The highest BCUT2D eigenvalue weighted by atomic mass is 16.5. The van der Waals surface area contributed by atoms with Crippen LogP contribution in [0.1, 0.15) is 51.6 Å². The fourth-order valence-electron chi connectivity index (χ4n) is 4.10. The van der Waals surface area contributed by atoms with Crippen molar-refractivity contribution in [2.45, 2.75) is 38.6 Å². The smallest absolute Gasteiger partial charge is 0.259 e. The Hall–Kier alpha value is -3.09. The van der Waals surface area contributed by atoms with E-state index in [9.17, 15) is 4.79 Å². The minimum atomic E-state index is -0.00830. The van der Waals surface area contributed by atoms with E-state index < -0.39 is 0 Å². The zero-order valence-electron chi connectivity index (χ0n) is 16.8. The van der Waals surface area contributed by atoms with Gasteiger partial charge in [-0.1, -0.05) is 5.16 Å². The van der Waals surface area contributed by atoms with Gasteiger partial charge in [-0.05, 0) is 55.5 Å². The zero-order chi connectivity index (χ0) is 20.1. The molecular weight excluding hydrogens is 370 g/mol. The third-order valence-electron chi connectivity index (χ3n) is 5.87. The van der Waals surface area contributed by atoms with Crippen LogP contribution in [0.25, 0.3) is 11.1 Å². The van der Waals surface area contributed by atoms with Gasteiger partial charge in [0.15, 0.2) is 11.5 Å². The fourth-order valence-corrected chi connectivity index (χ4v) is 4.10. The second-order valence-corrected chi connectivity index (χ2v) is 7.77. The molecule has 0 atom stereocenters. The predicted octanol–water partition coefficient (Wildman–Crippen LogP) is 3.62. The molecule has 2 aliphatic rings. The third-order valence-corrected chi connectivity index (χ3v) is 5.87. The van der Waals surface area contributed by atoms with E-state index in [0.29, 0.717) is 41.7 Å². The number of ether oxygens (including phenoxy) is 2. The zero-order valence-corrected chi connectivity index (χ0v) is 16.8. The lowest BCUT2D eigenvalue weighted by Gasteiger charge is -2.30. The summed E-state index contributed by atoms with van der Waals surface area (Å²) in [6.07, 6.45) is 2.99. The molecule has 29 heavy (non-hydrogen) atoms. The van der Waals surface area contributed by atoms with E-state index in [4.69, 9.17) is 14.0 Å². The van der Waals surface area contributed by atoms with Gasteiger partial charge in [0.2, 0.25) is 0 Å². The Morgan fingerprint density at radius 1 is 1.14 bits per heavy atom. The Balaban J connectivity index is 1.51. The number of nitrogens with zero attached hydrogens (tertiary/aromatic N) is 3. The Kier molecular flexibility index (Phi) is 4.19. The number of rotatable bonds is 4. The number of aromatic nitrogens is 2. The molecule has 3 heterocycles. The monoisotopic (exact) mass is 393 g/mol. The number of carbonyl (C=O) groups is 1. The second kappa shape index (κ2) is 6.76. The molecule has 7 heteroatoms. The molecule has 5 rings (SSSR count). The molecule has 0 N–H and O–H groups in total. The first-order valence-electron chi connectivity index (χ1n) is 9.89. The highest BCUT2D eigenvalue weighted by molar-refractivity contribution is 6.06. The summed E-state index contributed by atoms with van der Waals surface area (Å²) >= 11 is 0. The first-order valence-corrected chi connectivity index (χ1v) is 9.89. The van der Waals surface area contributed by atoms with Crippen LogP contribution in [0.3, 0.4) is 0 Å². The van der Waals surface area contributed by atoms with E-state index in [1.165, 1.54) is 5.56 Å². The molecule has 1 aliphatic heterocycles. The maximum absolute atomic E-state index is 13.5. The van der Waals surface area contributed by atoms with Gasteiger partial charge < -0.3 is 18.9 Å². The van der Waals surface area contributed by atoms with Crippen molar-refractivity contribution in [2.24, 2.45) is 0 Å². The molecule has 150 valence electrons. The summed E-state index contributed by atoms with van der Waals surface area (Å²) in [6.45, 7) is 3.03. The van der Waals surface area contributed by atoms with E-state index in [2.05, 4.69) is 10.1 Å². The van der Waals surface area contributed by atoms with Crippen molar-refractivity contribution >= 4 is 17.0 Å². The predicted molar refractivity (Wildman–Crippen MR) is 107 cm³/mol. The average molecular weight is 393 g/mol. The number of hydrogen-bond acceptors (Lipinski definition) is 6. The molecule has 0 radical (unpaired) electrons. The summed E-state index contributed by atoms with van der Waals surface area (Å²) in [5.41, 5.74) is 4.99. The van der Waals surface area contributed by atoms with Gasteiger partial charge in [0, 0.05) is 24.7 Å². The normalized spacial score (nSPS) is 16.0. The van der Waals surface area contributed by atoms with E-state index in [1.54, 1.807) is 14.2 Å². The molecule has 0 spiro atoms. The lowest BCUT2D eigenvalue weighted by atomic mass is 9.97. The largest absolute Gasteiger partial charge is 0.493 e. The fraction of sp³-hybridized carbons (Fsp3) is 0.409. The van der Waals surface area contributed by atoms with Crippen molar-refractivity contribution in [2.75, 3.05) is 20.8 Å². The van der Waals surface area contributed by atoms with E-state index in [-0.39, 0.29) is 5.91 Å². The summed E-state index contributed by atoms with van der Waals surface area (Å²) < 4.78 is 16.2. The van der Waals surface area contributed by atoms with Crippen LogP contribution in [-0.4, -0.2) is 41.7 Å². The molecule has 1 aromatic carbocycles. The molecule has 2 aromatic heterocycles. The summed E-state index contributed by atoms with van der Waals surface area (Å²) in [4.78, 5) is 20.0. The number of fused-ring (bicyclic) bond motifs is 2. The van der Waals surface area contributed by atoms with Gasteiger partial charge in [-0.15, -0.1) is 0 Å². The van der Waals surface area contributed by atoms with Gasteiger partial charge in [0.05, 0.1) is 30.9 Å². The van der Waals surface area contributed by atoms with Crippen LogP contribution in [0.4, 0.5) is 0 Å². The number of aryl methyl sites for hydroxylation is 1. The van der Waals surface area contributed by atoms with Crippen molar-refractivity contribution in [3.63, 3.8) is 0 Å². The molecule has 0 bridgehead atoms. The van der Waals surface area contributed by atoms with Crippen molar-refractivity contribution < 1.29 is 18.8 Å². The van der Waals surface area contributed by atoms with Gasteiger partial charge in [0.1, 0.15) is 0 Å². The number of methoxy groups -OCH3 is 2. The molecule has 1 saturated carbocycles. The van der Waals surface area contributed by atoms with Crippen LogP contribution in [0.5, 0.6) is 11.5 Å². The van der Waals surface area contributed by atoms with Gasteiger partial charge in [-0.3, -0.25) is 4.79 Å². The first kappa shape index (κ1) is 18.0. The van der Waals surface area contributed by atoms with Gasteiger partial charge in [-0.2, -0.15) is 0 Å². The molecule has 1 amide bonds. The average Bonchev–Trinajstić information content (AvgIpc) is 3.54. The highest BCUT2D eigenvalue weighted by Gasteiger charge is 2.31. The van der Waals surface area contributed by atoms with E-state index in [1.807, 2.05) is 30.0 Å². The van der Waals surface area contributed by atoms with Crippen LogP contribution in [0.2, 0.25) is 0 Å². The maximum atomic E-state index is 13.5. The number of benzene rings is 1. The van der Waals surface area contributed by atoms with E-state index >= 15 is 0 Å². The number of amides is 1. The quantitative estimate of drug-likeness (QED) is 0.674. The molecule has 1 fully saturated rings. The summed E-state index contributed by atoms with van der Waals surface area (Å²) in [6, 6.07) is 5.92. The molecule has 1 aliphatic carbocycles. The Morgan fingerprint density at radius 3 is 2.55 bits per heavy atom. The molecule has 0 saturated heterocycles. The van der Waals surface area contributed by atoms with Crippen molar-refractivity contribution in [1.82, 2.24) is 15.0 Å². The van der Waals surface area contributed by atoms with Crippen LogP contribution in [0.15, 0.2) is 22.7 Å². The number of carbonyl (C=O) groups excluding carboxylic acids is 1. The number of hydrogen-bond donors (Lipinski definition) is 0. The molecule has 0 unspecified atom stereocenters. The van der Waals surface area contributed by atoms with Crippen LogP contribution in [-0.2, 0) is 13.0 Å². The van der Waals surface area contributed by atoms with E-state index in [0.717, 1.165) is 41.7 Å². The van der Waals surface area contributed by atoms with Gasteiger partial charge in [0.25, 0.3) is 11.6 Å². The van der Waals surface area contributed by atoms with Crippen molar-refractivity contribution in [1.29, 1.82) is 0 Å². The third kappa shape index (κ3) is 3.01. The van der Waals surface area contributed by atoms with Crippen molar-refractivity contribution in [3.8, 4) is 11.5 Å². The van der Waals surface area contributed by atoms with Crippen LogP contribution >= 0.6 is 0 Å². The van der Waals surface area contributed by atoms with Crippen LogP contribution in [0, 0.1) is 6.92 Å². The number of pyridine rings is 1. The minimum Gasteiger partial charge on any atom is -0.493 e. The minimum absolute atomic E-state index is 0.00830. The SMILES string of the molecule is COc1cc2c(cc1OC)CN(C(=O)c1cc(C3CC3)nc3onc(C)c13)CC2. The molecular formula is C22H23N3O4. The molecule has 7 nitrogen and oxygen atoms in total. The summed E-state index contributed by atoms with van der Waals surface area (Å²) in [5, 5.41) is 4.76. The maximum Gasteiger partial charge on any atom is 0.259 e. The summed E-state index contributed by atoms with van der Waals surface area (Å²) in [7, 11) is 3.26. The summed E-state index contributed by atoms with van der Waals surface area (Å²) in [5.74, 6) is 1.81. The standard InChI is InChI=1S/C22H23N3O4/c1-12-20-16(10-17(13-4-5-13)23-21(20)29-24-12)22(26)25-7-6-14-8-18(27-2)19(28-3)9-15(14)11-25/h8-10,13H,4-7,11H2,1-3H3. The lowest BCUT2D eigenvalue weighted by molar-refractivity contribution is 0.0736. The van der Waals surface area contributed by atoms with Crippen molar-refractivity contribution in [3.05, 3.63) is 46.3 Å². The highest BCUT2D eigenvalue weighted by Crippen LogP contribution is 2.41. The Labute approximate surface area is 168 Å². The molecule has 3 aromatic rings. The topological polar surface area (TPSA) is 77.7 Å². The Morgan fingerprint density at radius 2 is 1.86 bits per heavy atom. The lowest BCUT2D eigenvalue weighted by Crippen LogP contribution is -2.36. The Bertz CT molecular complexity index is 1120. The second-order valence-electron chi connectivity index (χ2n) is 7.77. The van der Waals surface area contributed by atoms with Gasteiger partial charge in [-0.25, -0.2) is 4.98 Å². The van der Waals surface area contributed by atoms with Gasteiger partial charge >= 0.3 is 0 Å². The van der Waals surface area contributed by atoms with Crippen LogP contribution < -0.4 is 9.47 Å².